The van der Waals surface area contributed by atoms with Crippen LogP contribution in [0.1, 0.15) is 31.2 Å². The van der Waals surface area contributed by atoms with Gasteiger partial charge in [-0.2, -0.15) is 0 Å². The average molecular weight is 412 g/mol. The SMILES string of the molecule is Cl.Cl.O=C(CCC1CCNCC1)Nc1ccc(OCc2ccncc2)cc1. The van der Waals surface area contributed by atoms with Gasteiger partial charge in [0.1, 0.15) is 12.4 Å². The highest BCUT2D eigenvalue weighted by atomic mass is 35.5. The minimum absolute atomic E-state index is 0. The molecule has 7 heteroatoms. The fourth-order valence-electron chi connectivity index (χ4n) is 3.01. The molecule has 0 atom stereocenters. The maximum Gasteiger partial charge on any atom is 0.224 e. The molecule has 2 heterocycles. The van der Waals surface area contributed by atoms with Gasteiger partial charge >= 0.3 is 0 Å². The van der Waals surface area contributed by atoms with Gasteiger partial charge in [0.05, 0.1) is 0 Å². The van der Waals surface area contributed by atoms with Gasteiger partial charge in [-0.3, -0.25) is 9.78 Å². The van der Waals surface area contributed by atoms with Crippen molar-refractivity contribution in [1.29, 1.82) is 0 Å². The van der Waals surface area contributed by atoms with E-state index in [4.69, 9.17) is 4.74 Å². The molecule has 2 N–H and O–H groups in total. The summed E-state index contributed by atoms with van der Waals surface area (Å²) < 4.78 is 5.73. The van der Waals surface area contributed by atoms with E-state index >= 15 is 0 Å². The van der Waals surface area contributed by atoms with Gasteiger partial charge in [-0.15, -0.1) is 24.8 Å². The van der Waals surface area contributed by atoms with Crippen LogP contribution in [0.3, 0.4) is 0 Å². The van der Waals surface area contributed by atoms with Crippen molar-refractivity contribution >= 4 is 36.4 Å². The zero-order chi connectivity index (χ0) is 17.3. The summed E-state index contributed by atoms with van der Waals surface area (Å²) in [5.41, 5.74) is 1.89. The van der Waals surface area contributed by atoms with Crippen molar-refractivity contribution in [1.82, 2.24) is 10.3 Å². The number of aromatic nitrogens is 1. The number of hydrogen-bond acceptors (Lipinski definition) is 4. The third-order valence-electron chi connectivity index (χ3n) is 4.53. The molecule has 1 aromatic heterocycles. The first-order valence-electron chi connectivity index (χ1n) is 8.92. The van der Waals surface area contributed by atoms with E-state index in [-0.39, 0.29) is 30.7 Å². The van der Waals surface area contributed by atoms with E-state index in [2.05, 4.69) is 15.6 Å². The molecule has 0 saturated carbocycles. The Morgan fingerprint density at radius 2 is 1.74 bits per heavy atom. The molecule has 1 fully saturated rings. The fraction of sp³-hybridized carbons (Fsp3) is 0.400. The van der Waals surface area contributed by atoms with Crippen LogP contribution in [0.25, 0.3) is 0 Å². The number of ether oxygens (including phenoxy) is 1. The molecule has 0 unspecified atom stereocenters. The fourth-order valence-corrected chi connectivity index (χ4v) is 3.01. The Morgan fingerprint density at radius 3 is 2.41 bits per heavy atom. The molecule has 0 spiro atoms. The largest absolute Gasteiger partial charge is 0.489 e. The molecule has 0 radical (unpaired) electrons. The first-order chi connectivity index (χ1) is 12.3. The standard InChI is InChI=1S/C20H25N3O2.2ClH/c24-20(6-1-16-7-11-21-12-8-16)23-18-2-4-19(5-3-18)25-15-17-9-13-22-14-10-17;;/h2-5,9-10,13-14,16,21H,1,6-8,11-12,15H2,(H,23,24);2*1H. The van der Waals surface area contributed by atoms with Crippen LogP contribution in [0.4, 0.5) is 5.69 Å². The normalized spacial score (nSPS) is 13.8. The summed E-state index contributed by atoms with van der Waals surface area (Å²) in [5, 5.41) is 6.32. The predicted molar refractivity (Wildman–Crippen MR) is 113 cm³/mol. The highest BCUT2D eigenvalue weighted by Gasteiger charge is 2.14. The zero-order valence-corrected chi connectivity index (χ0v) is 16.9. The zero-order valence-electron chi connectivity index (χ0n) is 15.2. The number of nitrogens with zero attached hydrogens (tertiary/aromatic N) is 1. The van der Waals surface area contributed by atoms with Gasteiger partial charge in [0.2, 0.25) is 5.91 Å². The van der Waals surface area contributed by atoms with Crippen molar-refractivity contribution in [3.05, 3.63) is 54.4 Å². The molecule has 1 amide bonds. The van der Waals surface area contributed by atoms with E-state index in [0.29, 0.717) is 18.9 Å². The van der Waals surface area contributed by atoms with E-state index in [9.17, 15) is 4.79 Å². The monoisotopic (exact) mass is 411 g/mol. The Bertz CT molecular complexity index is 663. The third-order valence-corrected chi connectivity index (χ3v) is 4.53. The lowest BCUT2D eigenvalue weighted by Crippen LogP contribution is -2.28. The van der Waals surface area contributed by atoms with Crippen LogP contribution in [-0.4, -0.2) is 24.0 Å². The van der Waals surface area contributed by atoms with Crippen molar-refractivity contribution in [2.45, 2.75) is 32.3 Å². The molecule has 3 rings (SSSR count). The van der Waals surface area contributed by atoms with Crippen LogP contribution in [0.15, 0.2) is 48.8 Å². The summed E-state index contributed by atoms with van der Waals surface area (Å²) in [6.45, 7) is 2.66. The smallest absolute Gasteiger partial charge is 0.224 e. The highest BCUT2D eigenvalue weighted by molar-refractivity contribution is 5.90. The second-order valence-corrected chi connectivity index (χ2v) is 6.45. The number of anilines is 1. The lowest BCUT2D eigenvalue weighted by Gasteiger charge is -2.22. The molecule has 148 valence electrons. The van der Waals surface area contributed by atoms with Gasteiger partial charge in [-0.1, -0.05) is 0 Å². The number of halogens is 2. The predicted octanol–water partition coefficient (Wildman–Crippen LogP) is 4.22. The van der Waals surface area contributed by atoms with E-state index in [0.717, 1.165) is 36.5 Å². The Morgan fingerprint density at radius 1 is 1.07 bits per heavy atom. The van der Waals surface area contributed by atoms with Crippen molar-refractivity contribution < 1.29 is 9.53 Å². The van der Waals surface area contributed by atoms with Crippen LogP contribution in [0.5, 0.6) is 5.75 Å². The number of piperidine rings is 1. The number of nitrogens with one attached hydrogen (secondary N) is 2. The van der Waals surface area contributed by atoms with Crippen LogP contribution < -0.4 is 15.4 Å². The maximum absolute atomic E-state index is 12.1. The molecule has 1 saturated heterocycles. The lowest BCUT2D eigenvalue weighted by molar-refractivity contribution is -0.116. The first-order valence-corrected chi connectivity index (χ1v) is 8.92. The minimum Gasteiger partial charge on any atom is -0.489 e. The van der Waals surface area contributed by atoms with Gasteiger partial charge in [0, 0.05) is 24.5 Å². The Kier molecular flexibility index (Phi) is 10.8. The molecule has 1 aliphatic heterocycles. The van der Waals surface area contributed by atoms with Crippen LogP contribution in [0.2, 0.25) is 0 Å². The minimum atomic E-state index is 0. The van der Waals surface area contributed by atoms with Crippen LogP contribution in [-0.2, 0) is 11.4 Å². The van der Waals surface area contributed by atoms with Gasteiger partial charge in [0.25, 0.3) is 0 Å². The Labute approximate surface area is 173 Å². The molecule has 2 aromatic rings. The number of hydrogen-bond donors (Lipinski definition) is 2. The quantitative estimate of drug-likeness (QED) is 0.715. The summed E-state index contributed by atoms with van der Waals surface area (Å²) >= 11 is 0. The second kappa shape index (κ2) is 12.5. The van der Waals surface area contributed by atoms with Gasteiger partial charge in [-0.25, -0.2) is 0 Å². The molecule has 1 aliphatic rings. The van der Waals surface area contributed by atoms with E-state index in [1.165, 1.54) is 12.8 Å². The summed E-state index contributed by atoms with van der Waals surface area (Å²) in [6, 6.07) is 11.4. The number of pyridine rings is 1. The summed E-state index contributed by atoms with van der Waals surface area (Å²) in [6.07, 6.45) is 7.42. The van der Waals surface area contributed by atoms with Crippen molar-refractivity contribution in [3.8, 4) is 5.75 Å². The maximum atomic E-state index is 12.1. The first kappa shape index (κ1) is 23.2. The molecule has 5 nitrogen and oxygen atoms in total. The van der Waals surface area contributed by atoms with Crippen molar-refractivity contribution in [2.24, 2.45) is 5.92 Å². The molecular formula is C20H27Cl2N3O2. The third kappa shape index (κ3) is 8.16. The molecule has 0 bridgehead atoms. The summed E-state index contributed by atoms with van der Waals surface area (Å²) in [4.78, 5) is 16.1. The number of amides is 1. The van der Waals surface area contributed by atoms with Crippen LogP contribution >= 0.6 is 24.8 Å². The van der Waals surface area contributed by atoms with E-state index in [1.54, 1.807) is 12.4 Å². The topological polar surface area (TPSA) is 63.2 Å². The van der Waals surface area contributed by atoms with Crippen LogP contribution in [0, 0.1) is 5.92 Å². The second-order valence-electron chi connectivity index (χ2n) is 6.45. The van der Waals surface area contributed by atoms with Gasteiger partial charge < -0.3 is 15.4 Å². The summed E-state index contributed by atoms with van der Waals surface area (Å²) in [7, 11) is 0. The van der Waals surface area contributed by atoms with E-state index < -0.39 is 0 Å². The molecule has 0 aliphatic carbocycles. The van der Waals surface area contributed by atoms with Gasteiger partial charge in [0.15, 0.2) is 0 Å². The number of rotatable bonds is 7. The van der Waals surface area contributed by atoms with E-state index in [1.807, 2.05) is 36.4 Å². The number of carbonyl (C=O) groups is 1. The molecule has 27 heavy (non-hydrogen) atoms. The number of carbonyl (C=O) groups excluding carboxylic acids is 1. The molecular weight excluding hydrogens is 385 g/mol. The average Bonchev–Trinajstić information content (AvgIpc) is 2.67. The number of benzene rings is 1. The van der Waals surface area contributed by atoms with Crippen molar-refractivity contribution in [3.63, 3.8) is 0 Å². The Balaban J connectivity index is 0.00000182. The van der Waals surface area contributed by atoms with Crippen molar-refractivity contribution in [2.75, 3.05) is 18.4 Å². The lowest BCUT2D eigenvalue weighted by atomic mass is 9.93. The summed E-state index contributed by atoms with van der Waals surface area (Å²) in [5.74, 6) is 1.55. The highest BCUT2D eigenvalue weighted by Crippen LogP contribution is 2.20. The Hall–Kier alpha value is -1.82. The van der Waals surface area contributed by atoms with Gasteiger partial charge in [-0.05, 0) is 80.2 Å². The molecule has 1 aromatic carbocycles.